The van der Waals surface area contributed by atoms with E-state index in [1.165, 1.54) is 0 Å². The van der Waals surface area contributed by atoms with Crippen LogP contribution in [0.4, 0.5) is 5.82 Å². The van der Waals surface area contributed by atoms with Crippen LogP contribution in [0.5, 0.6) is 0 Å². The first-order valence-corrected chi connectivity index (χ1v) is 10.0. The number of amides is 1. The fourth-order valence-electron chi connectivity index (χ4n) is 3.85. The molecule has 1 N–H and O–H groups in total. The summed E-state index contributed by atoms with van der Waals surface area (Å²) in [7, 11) is 0. The van der Waals surface area contributed by atoms with Crippen molar-refractivity contribution in [1.29, 1.82) is 0 Å². The van der Waals surface area contributed by atoms with Crippen molar-refractivity contribution in [1.82, 2.24) is 25.1 Å². The summed E-state index contributed by atoms with van der Waals surface area (Å²) < 4.78 is 1.92. The van der Waals surface area contributed by atoms with Gasteiger partial charge in [-0.25, -0.2) is 4.98 Å². The van der Waals surface area contributed by atoms with Gasteiger partial charge in [-0.2, -0.15) is 5.10 Å². The summed E-state index contributed by atoms with van der Waals surface area (Å²) in [5, 5.41) is 8.54. The largest absolute Gasteiger partial charge is 0.349 e. The summed E-state index contributed by atoms with van der Waals surface area (Å²) in [4.78, 5) is 23.9. The lowest BCUT2D eigenvalue weighted by molar-refractivity contribution is 0.0944. The van der Waals surface area contributed by atoms with Gasteiger partial charge in [0.1, 0.15) is 5.82 Å². The van der Waals surface area contributed by atoms with Crippen molar-refractivity contribution in [2.45, 2.75) is 26.6 Å². The minimum absolute atomic E-state index is 0.186. The van der Waals surface area contributed by atoms with Crippen LogP contribution in [0.3, 0.4) is 0 Å². The molecule has 0 unspecified atom stereocenters. The monoisotopic (exact) mass is 398 g/mol. The molecule has 0 atom stereocenters. The first-order valence-electron chi connectivity index (χ1n) is 10.0. The van der Waals surface area contributed by atoms with E-state index in [0.717, 1.165) is 46.8 Å². The van der Waals surface area contributed by atoms with Crippen LogP contribution in [0.1, 0.15) is 27.4 Å². The van der Waals surface area contributed by atoms with Crippen LogP contribution in [-0.4, -0.2) is 32.2 Å². The number of aromatic nitrogens is 4. The van der Waals surface area contributed by atoms with E-state index >= 15 is 0 Å². The van der Waals surface area contributed by atoms with Crippen LogP contribution in [0.15, 0.2) is 60.8 Å². The lowest BCUT2D eigenvalue weighted by Crippen LogP contribution is -2.34. The Bertz CT molecular complexity index is 1220. The number of hydrogen-bond donors (Lipinski definition) is 1. The average Bonchev–Trinajstić information content (AvgIpc) is 3.21. The van der Waals surface area contributed by atoms with Gasteiger partial charge >= 0.3 is 0 Å². The van der Waals surface area contributed by atoms with Crippen LogP contribution in [0, 0.1) is 6.92 Å². The number of carbonyl (C=O) groups excluding carboxylic acids is 1. The second-order valence-electron chi connectivity index (χ2n) is 7.49. The van der Waals surface area contributed by atoms with Crippen molar-refractivity contribution >= 4 is 22.6 Å². The van der Waals surface area contributed by atoms with E-state index in [-0.39, 0.29) is 5.91 Å². The van der Waals surface area contributed by atoms with Gasteiger partial charge in [-0.1, -0.05) is 24.3 Å². The molecule has 1 aromatic carbocycles. The highest BCUT2D eigenvalue weighted by Crippen LogP contribution is 2.26. The normalized spacial score (nSPS) is 13.3. The summed E-state index contributed by atoms with van der Waals surface area (Å²) in [6.45, 7) is 4.67. The van der Waals surface area contributed by atoms with E-state index in [4.69, 9.17) is 4.98 Å². The number of nitrogens with one attached hydrogen (secondary N) is 1. The van der Waals surface area contributed by atoms with Gasteiger partial charge in [-0.15, -0.1) is 0 Å². The number of pyridine rings is 2. The minimum atomic E-state index is -0.186. The summed E-state index contributed by atoms with van der Waals surface area (Å²) in [5.41, 5.74) is 4.41. The quantitative estimate of drug-likeness (QED) is 0.572. The van der Waals surface area contributed by atoms with Crippen molar-refractivity contribution in [3.05, 3.63) is 83.4 Å². The zero-order chi connectivity index (χ0) is 20.5. The molecule has 7 heteroatoms. The number of rotatable bonds is 4. The number of para-hydroxylation sites is 1. The van der Waals surface area contributed by atoms with E-state index < -0.39 is 0 Å². The first-order chi connectivity index (χ1) is 14.7. The van der Waals surface area contributed by atoms with Gasteiger partial charge in [0.05, 0.1) is 36.5 Å². The molecule has 3 aromatic heterocycles. The summed E-state index contributed by atoms with van der Waals surface area (Å²) >= 11 is 0. The predicted octanol–water partition coefficient (Wildman–Crippen LogP) is 3.08. The Labute approximate surface area is 174 Å². The van der Waals surface area contributed by atoms with Crippen LogP contribution in [0.25, 0.3) is 10.9 Å². The molecule has 0 saturated heterocycles. The molecular weight excluding hydrogens is 376 g/mol. The maximum absolute atomic E-state index is 12.5. The van der Waals surface area contributed by atoms with Gasteiger partial charge in [-0.05, 0) is 42.8 Å². The highest BCUT2D eigenvalue weighted by atomic mass is 16.1. The topological polar surface area (TPSA) is 75.9 Å². The van der Waals surface area contributed by atoms with E-state index in [1.54, 1.807) is 6.20 Å². The highest BCUT2D eigenvalue weighted by Gasteiger charge is 2.23. The fraction of sp³-hybridized carbons (Fsp3) is 0.217. The Morgan fingerprint density at radius 3 is 2.83 bits per heavy atom. The number of aryl methyl sites for hydroxylation is 1. The van der Waals surface area contributed by atoms with E-state index in [2.05, 4.69) is 39.4 Å². The maximum atomic E-state index is 12.5. The highest BCUT2D eigenvalue weighted by molar-refractivity contribution is 5.92. The Balaban J connectivity index is 1.33. The number of anilines is 1. The molecule has 0 fully saturated rings. The molecule has 1 aliphatic rings. The number of carbonyl (C=O) groups is 1. The maximum Gasteiger partial charge on any atom is 0.272 e. The zero-order valence-corrected chi connectivity index (χ0v) is 16.7. The molecule has 4 heterocycles. The average molecular weight is 398 g/mol. The van der Waals surface area contributed by atoms with Crippen LogP contribution < -0.4 is 10.2 Å². The van der Waals surface area contributed by atoms with E-state index in [1.807, 2.05) is 47.1 Å². The molecule has 0 saturated carbocycles. The van der Waals surface area contributed by atoms with Gasteiger partial charge in [0.25, 0.3) is 5.91 Å². The molecule has 150 valence electrons. The van der Waals surface area contributed by atoms with Gasteiger partial charge in [-0.3, -0.25) is 14.5 Å². The molecule has 7 nitrogen and oxygen atoms in total. The number of fused-ring (bicyclic) bond motifs is 2. The molecule has 0 bridgehead atoms. The van der Waals surface area contributed by atoms with Crippen molar-refractivity contribution in [2.24, 2.45) is 0 Å². The van der Waals surface area contributed by atoms with Crippen molar-refractivity contribution in [3.63, 3.8) is 0 Å². The van der Waals surface area contributed by atoms with Crippen molar-refractivity contribution in [2.75, 3.05) is 11.4 Å². The lowest BCUT2D eigenvalue weighted by atomic mass is 10.1. The third-order valence-corrected chi connectivity index (χ3v) is 5.37. The van der Waals surface area contributed by atoms with Gasteiger partial charge in [0, 0.05) is 18.1 Å². The van der Waals surface area contributed by atoms with Crippen molar-refractivity contribution < 1.29 is 4.79 Å². The second-order valence-corrected chi connectivity index (χ2v) is 7.49. The third kappa shape index (κ3) is 3.50. The number of benzene rings is 1. The lowest BCUT2D eigenvalue weighted by Gasteiger charge is -2.30. The second kappa shape index (κ2) is 7.59. The molecule has 0 spiro atoms. The molecule has 30 heavy (non-hydrogen) atoms. The van der Waals surface area contributed by atoms with Crippen LogP contribution in [-0.2, 0) is 19.6 Å². The van der Waals surface area contributed by atoms with Crippen molar-refractivity contribution in [3.8, 4) is 0 Å². The molecule has 0 aliphatic carbocycles. The third-order valence-electron chi connectivity index (χ3n) is 5.37. The summed E-state index contributed by atoms with van der Waals surface area (Å²) in [6.07, 6.45) is 1.72. The molecule has 5 rings (SSSR count). The van der Waals surface area contributed by atoms with E-state index in [9.17, 15) is 4.79 Å². The van der Waals surface area contributed by atoms with Gasteiger partial charge in [0.15, 0.2) is 5.69 Å². The van der Waals surface area contributed by atoms with Gasteiger partial charge < -0.3 is 10.2 Å². The smallest absolute Gasteiger partial charge is 0.272 e. The Morgan fingerprint density at radius 2 is 1.97 bits per heavy atom. The molecular formula is C23H22N6O. The predicted molar refractivity (Wildman–Crippen MR) is 115 cm³/mol. The summed E-state index contributed by atoms with van der Waals surface area (Å²) in [5.74, 6) is 0.802. The SMILES string of the molecule is Cc1cc2ccccc2nc1N1CCn2nc(C(=O)NCc3ccccn3)cc2C1. The number of nitrogens with zero attached hydrogens (tertiary/aromatic N) is 5. The molecule has 1 amide bonds. The Hall–Kier alpha value is -3.74. The Kier molecular flexibility index (Phi) is 4.63. The number of hydrogen-bond acceptors (Lipinski definition) is 5. The molecule has 1 aliphatic heterocycles. The van der Waals surface area contributed by atoms with Gasteiger partial charge in [0.2, 0.25) is 0 Å². The minimum Gasteiger partial charge on any atom is -0.349 e. The summed E-state index contributed by atoms with van der Waals surface area (Å²) in [6, 6.07) is 17.9. The van der Waals surface area contributed by atoms with Crippen LogP contribution >= 0.6 is 0 Å². The molecule has 4 aromatic rings. The van der Waals surface area contributed by atoms with E-state index in [0.29, 0.717) is 18.8 Å². The zero-order valence-electron chi connectivity index (χ0n) is 16.7. The first kappa shape index (κ1) is 18.3. The standard InChI is InChI=1S/C23H22N6O/c1-16-12-17-6-2-3-8-20(17)26-22(16)28-10-11-29-19(15-28)13-21(27-29)23(30)25-14-18-7-4-5-9-24-18/h2-9,12-13H,10-11,14-15H2,1H3,(H,25,30). The Morgan fingerprint density at radius 1 is 1.10 bits per heavy atom. The molecule has 0 radical (unpaired) electrons. The van der Waals surface area contributed by atoms with Crippen LogP contribution in [0.2, 0.25) is 0 Å². The fourth-order valence-corrected chi connectivity index (χ4v) is 3.85.